The summed E-state index contributed by atoms with van der Waals surface area (Å²) < 4.78 is 145. The Labute approximate surface area is 790 Å². The van der Waals surface area contributed by atoms with Gasteiger partial charge in [0.05, 0.1) is 21.7 Å². The Balaban J connectivity index is 0.658. The predicted molar refractivity (Wildman–Crippen MR) is 537 cm³/mol. The third-order valence-corrected chi connectivity index (χ3v) is 30.8. The lowest BCUT2D eigenvalue weighted by Gasteiger charge is -2.37. The van der Waals surface area contributed by atoms with Crippen molar-refractivity contribution < 1.29 is 39.5 Å². The van der Waals surface area contributed by atoms with Gasteiger partial charge in [-0.15, -0.1) is 0 Å². The molecule has 0 N–H and O–H groups in total. The molecule has 0 amide bonds. The Morgan fingerprint density at radius 1 is 0.222 bits per heavy atom. The molecule has 680 valence electrons. The van der Waals surface area contributed by atoms with Crippen LogP contribution in [0, 0.1) is 6.92 Å². The van der Waals surface area contributed by atoms with Gasteiger partial charge in [0.25, 0.3) is 19.3 Å². The minimum atomic E-state index is -4.43. The Morgan fingerprint density at radius 3 is 0.778 bits per heavy atom. The first kappa shape index (κ1) is 92.3. The Morgan fingerprint density at radius 2 is 0.481 bits per heavy atom. The van der Waals surface area contributed by atoms with E-state index in [1.54, 1.807) is 37.3 Å². The fourth-order valence-electron chi connectivity index (χ4n) is 22.6. The molecular weight excluding hydrogens is 1680 g/mol. The van der Waals surface area contributed by atoms with Gasteiger partial charge >= 0.3 is 6.18 Å². The number of rotatable bonds is 32. The molecule has 0 saturated heterocycles. The zero-order valence-corrected chi connectivity index (χ0v) is 77.8. The van der Waals surface area contributed by atoms with E-state index < -0.39 is 68.8 Å². The summed E-state index contributed by atoms with van der Waals surface area (Å²) in [6, 6.07) is 132. The normalized spacial score (nSPS) is 14.8. The van der Waals surface area contributed by atoms with Crippen molar-refractivity contribution in [3.63, 3.8) is 0 Å². The molecule has 0 aromatic heterocycles. The average Bonchev–Trinajstić information content (AvgIpc) is 1.56. The lowest BCUT2D eigenvalue weighted by atomic mass is 9.66. The number of unbranched alkanes of at least 4 members (excludes halogenated alkanes) is 4. The molecule has 9 heteroatoms. The molecule has 0 aliphatic heterocycles. The topological polar surface area (TPSA) is 0 Å². The lowest BCUT2D eigenvalue weighted by molar-refractivity contribution is -0.180. The Kier molecular flexibility index (Phi) is 25.5. The molecule has 0 bridgehead atoms. The van der Waals surface area contributed by atoms with E-state index in [9.17, 15) is 13.2 Å². The summed E-state index contributed by atoms with van der Waals surface area (Å²) in [6.07, 6.45) is -7.33. The smallest absolute Gasteiger partial charge is 0.209 e. The summed E-state index contributed by atoms with van der Waals surface area (Å²) in [5.74, 6) is 0. The summed E-state index contributed by atoms with van der Waals surface area (Å²) in [5, 5.41) is 0. The highest BCUT2D eigenvalue weighted by Crippen LogP contribution is 2.57. The van der Waals surface area contributed by atoms with E-state index >= 15 is 26.3 Å². The van der Waals surface area contributed by atoms with Gasteiger partial charge in [-0.25, -0.2) is 26.3 Å². The number of halogens is 9. The van der Waals surface area contributed by atoms with Gasteiger partial charge < -0.3 is 0 Å². The summed E-state index contributed by atoms with van der Waals surface area (Å²) in [5.41, 5.74) is 15.6. The van der Waals surface area contributed by atoms with E-state index in [4.69, 9.17) is 0 Å². The van der Waals surface area contributed by atoms with Gasteiger partial charge in [-0.05, 0) is 227 Å². The van der Waals surface area contributed by atoms with E-state index in [1.165, 1.54) is 34.4 Å². The first-order valence-corrected chi connectivity index (χ1v) is 47.5. The molecule has 0 heterocycles. The van der Waals surface area contributed by atoms with Crippen molar-refractivity contribution in [2.75, 3.05) is 0 Å². The van der Waals surface area contributed by atoms with Crippen LogP contribution in [0.15, 0.2) is 400 Å². The molecule has 16 aromatic carbocycles. The van der Waals surface area contributed by atoms with Gasteiger partial charge in [0.15, 0.2) is 0 Å². The highest BCUT2D eigenvalue weighted by molar-refractivity contribution is 5.84. The number of alkyl halides is 9. The number of hydrogen-bond acceptors (Lipinski definition) is 0. The fraction of sp³-hybridized carbons (Fsp3) is 0.238. The summed E-state index contributed by atoms with van der Waals surface area (Å²) >= 11 is 0. The lowest BCUT2D eigenvalue weighted by Crippen LogP contribution is -2.36. The van der Waals surface area contributed by atoms with Crippen molar-refractivity contribution >= 4 is 0 Å². The van der Waals surface area contributed by atoms with E-state index in [2.05, 4.69) is 217 Å². The van der Waals surface area contributed by atoms with E-state index in [1.807, 2.05) is 176 Å². The molecule has 0 radical (unpaired) electrons. The van der Waals surface area contributed by atoms with Crippen molar-refractivity contribution in [2.45, 2.75) is 188 Å². The third kappa shape index (κ3) is 16.7. The van der Waals surface area contributed by atoms with Gasteiger partial charge in [-0.1, -0.05) is 460 Å². The van der Waals surface area contributed by atoms with Crippen LogP contribution in [-0.2, 0) is 43.3 Å². The number of fused-ring (bicyclic) bond motifs is 6. The summed E-state index contributed by atoms with van der Waals surface area (Å²) in [7, 11) is 0. The molecular formula is C126H113F9. The molecule has 0 nitrogen and oxygen atoms in total. The molecule has 16 aromatic rings. The van der Waals surface area contributed by atoms with Crippen LogP contribution < -0.4 is 0 Å². The zero-order chi connectivity index (χ0) is 94.3. The van der Waals surface area contributed by atoms with Gasteiger partial charge in [0.2, 0.25) is 0 Å². The highest BCUT2D eigenvalue weighted by atomic mass is 19.4. The quantitative estimate of drug-likeness (QED) is 0.0224. The van der Waals surface area contributed by atoms with Crippen LogP contribution in [0.4, 0.5) is 39.5 Å². The molecule has 0 spiro atoms. The largest absolute Gasteiger partial charge is 0.397 e. The van der Waals surface area contributed by atoms with Crippen LogP contribution in [0.5, 0.6) is 0 Å². The molecule has 2 aliphatic rings. The van der Waals surface area contributed by atoms with Gasteiger partial charge in [0.1, 0.15) is 0 Å². The summed E-state index contributed by atoms with van der Waals surface area (Å²) in [4.78, 5) is 0. The van der Waals surface area contributed by atoms with Crippen LogP contribution in [0.25, 0.3) is 66.8 Å². The van der Waals surface area contributed by atoms with Crippen LogP contribution in [0.3, 0.4) is 0 Å². The van der Waals surface area contributed by atoms with Crippen molar-refractivity contribution in [3.05, 3.63) is 501 Å². The van der Waals surface area contributed by atoms with Gasteiger partial charge in [-0.3, -0.25) is 0 Å². The molecule has 3 atom stereocenters. The zero-order valence-electron chi connectivity index (χ0n) is 77.8. The second-order valence-electron chi connectivity index (χ2n) is 39.3. The number of aryl methyl sites for hydroxylation is 1. The first-order valence-electron chi connectivity index (χ1n) is 47.5. The number of benzene rings is 16. The molecule has 2 aliphatic carbocycles. The number of hydrogen-bond donors (Lipinski definition) is 0. The second-order valence-corrected chi connectivity index (χ2v) is 39.3. The van der Waals surface area contributed by atoms with Crippen molar-refractivity contribution in [1.29, 1.82) is 0 Å². The molecule has 18 rings (SSSR count). The minimum Gasteiger partial charge on any atom is -0.209 e. The average molecular weight is 1800 g/mol. The third-order valence-electron chi connectivity index (χ3n) is 30.8. The van der Waals surface area contributed by atoms with E-state index in [0.717, 1.165) is 132 Å². The fourth-order valence-corrected chi connectivity index (χ4v) is 22.6. The minimum absolute atomic E-state index is 0.0999. The van der Waals surface area contributed by atoms with Crippen molar-refractivity contribution in [1.82, 2.24) is 0 Å². The molecule has 0 fully saturated rings. The first-order chi connectivity index (χ1) is 65.0. The maximum absolute atomic E-state index is 17.8. The maximum atomic E-state index is 17.8. The summed E-state index contributed by atoms with van der Waals surface area (Å²) in [6.45, 7) is 14.5. The maximum Gasteiger partial charge on any atom is 0.397 e. The SMILES string of the molecule is Cc1ccc2c(c1)C(C)(C)c1cc(C(CCCCCC(c3ccccc3)(c3ccccc3)c3ccccc3)(c3ccc(-c4cccc(-c5ccc(C(CCCCCC(c6ccccc6)(c6ccccc6)c6ccccc6)(c6ccc7c(c6)C(C)(C)c6cc(C(C)(c8ccc(-c9cccc(-c%10ccc(C(C)(C)C(F)(F)F)cc%10)c9)cc8)C(F)F)ccc6-7)C(F)F)cc5)c4)cc3)C(F)F)ccc1-2. The molecule has 135 heavy (non-hydrogen) atoms. The van der Waals surface area contributed by atoms with Crippen LogP contribution >= 0.6 is 0 Å². The van der Waals surface area contributed by atoms with Crippen molar-refractivity contribution in [3.8, 4) is 66.8 Å². The van der Waals surface area contributed by atoms with Crippen LogP contribution in [0.2, 0.25) is 0 Å². The monoisotopic (exact) mass is 1800 g/mol. The van der Waals surface area contributed by atoms with E-state index in [-0.39, 0.29) is 18.4 Å². The Bertz CT molecular complexity index is 6630. The highest BCUT2D eigenvalue weighted by Gasteiger charge is 2.51. The van der Waals surface area contributed by atoms with Crippen LogP contribution in [-0.4, -0.2) is 25.5 Å². The van der Waals surface area contributed by atoms with Crippen molar-refractivity contribution in [2.24, 2.45) is 0 Å². The predicted octanol–water partition coefficient (Wildman–Crippen LogP) is 34.8. The van der Waals surface area contributed by atoms with Gasteiger partial charge in [0, 0.05) is 21.7 Å². The van der Waals surface area contributed by atoms with E-state index in [0.29, 0.717) is 71.9 Å². The standard InChI is InChI=1S/C126H113F9/c1-85-51-71-107-109-73-69-105(83-113(109)118(2,3)111(107)79-85)124(116(129)130,77-31-15-29-75-122(96-39-17-9-18-40-96,97-41-19-10-20-42-97)98-43-21-11-22-44-98)102-64-56-88(57-65-102)92-37-34-38-93(81-92)89-58-66-103(67-59-89)125(117(131)132,78-32-16-30-76-123(99-45-23-12-24-46-99,100-47-25-13-26-48-100)101-49-27-14-28-50-101)106-70-74-110-108-72-68-104(82-112(108)119(4,5)114(110)84-106)121(8,115(127)128)95-62-54-87(55-63-95)91-36-33-35-90(80-91)86-52-60-94(61-53-86)120(6,7)126(133,134)135/h9-14,17-28,33-74,79-84,115-117H,15-16,29-32,75-78H2,1-8H3. The van der Waals surface area contributed by atoms with Gasteiger partial charge in [-0.2, -0.15) is 13.2 Å². The van der Waals surface area contributed by atoms with Crippen LogP contribution in [0.1, 0.15) is 213 Å². The molecule has 3 unspecified atom stereocenters. The Hall–Kier alpha value is -13.1. The second kappa shape index (κ2) is 37.3. The molecule has 0 saturated carbocycles.